The molecular weight excluding hydrogens is 144 g/mol. The quantitative estimate of drug-likeness (QED) is 0.580. The zero-order chi connectivity index (χ0) is 6.57. The maximum Gasteiger partial charge on any atom is 0.318 e. The lowest BCUT2D eigenvalue weighted by Crippen LogP contribution is -2.18. The molecule has 2 atom stereocenters. The van der Waals surface area contributed by atoms with Gasteiger partial charge in [-0.2, -0.15) is 0 Å². The summed E-state index contributed by atoms with van der Waals surface area (Å²) in [6.45, 7) is 0.0775. The van der Waals surface area contributed by atoms with E-state index in [1.807, 2.05) is 0 Å². The minimum absolute atomic E-state index is 0.0775. The van der Waals surface area contributed by atoms with Gasteiger partial charge in [-0.25, -0.2) is 0 Å². The zero-order valence-electron chi connectivity index (χ0n) is 4.37. The van der Waals surface area contributed by atoms with Gasteiger partial charge in [0.2, 0.25) is 0 Å². The molecule has 0 aromatic heterocycles. The van der Waals surface area contributed by atoms with Gasteiger partial charge in [0.1, 0.15) is 6.54 Å². The first kappa shape index (κ1) is 8.29. The van der Waals surface area contributed by atoms with E-state index >= 15 is 0 Å². The third-order valence-corrected chi connectivity index (χ3v) is 1.86. The van der Waals surface area contributed by atoms with E-state index < -0.39 is 5.97 Å². The molecule has 0 aliphatic rings. The second kappa shape index (κ2) is 4.20. The van der Waals surface area contributed by atoms with Gasteiger partial charge < -0.3 is 5.11 Å². The van der Waals surface area contributed by atoms with Crippen LogP contribution < -0.4 is 0 Å². The lowest BCUT2D eigenvalue weighted by Gasteiger charge is -2.07. The van der Waals surface area contributed by atoms with E-state index in [1.54, 1.807) is 4.67 Å². The second-order valence-corrected chi connectivity index (χ2v) is 2.42. The largest absolute Gasteiger partial charge is 0.480 e. The lowest BCUT2D eigenvalue weighted by molar-refractivity contribution is -0.136. The summed E-state index contributed by atoms with van der Waals surface area (Å²) in [6, 6.07) is 0. The molecule has 0 saturated carbocycles. The number of carbonyl (C=O) groups is 1. The molecule has 2 unspecified atom stereocenters. The summed E-state index contributed by atoms with van der Waals surface area (Å²) in [4.78, 5) is 9.90. The summed E-state index contributed by atoms with van der Waals surface area (Å²) in [7, 11) is 4.74. The zero-order valence-corrected chi connectivity index (χ0v) is 6.68. The summed E-state index contributed by atoms with van der Waals surface area (Å²) < 4.78 is 1.60. The van der Waals surface area contributed by atoms with Gasteiger partial charge in [-0.3, -0.25) is 9.46 Å². The third kappa shape index (κ3) is 4.45. The van der Waals surface area contributed by atoms with Crippen LogP contribution in [-0.2, 0) is 4.79 Å². The van der Waals surface area contributed by atoms with Crippen molar-refractivity contribution in [1.29, 1.82) is 0 Å². The second-order valence-electron chi connectivity index (χ2n) is 1.32. The van der Waals surface area contributed by atoms with Crippen molar-refractivity contribution in [1.82, 2.24) is 4.67 Å². The van der Waals surface area contributed by atoms with Gasteiger partial charge in [-0.15, -0.1) is 9.24 Å². The molecule has 0 saturated heterocycles. The van der Waals surface area contributed by atoms with Crippen LogP contribution in [0.25, 0.3) is 0 Å². The summed E-state index contributed by atoms with van der Waals surface area (Å²) >= 11 is 0. The van der Waals surface area contributed by atoms with Crippen molar-refractivity contribution in [3.63, 3.8) is 0 Å². The monoisotopic (exact) mass is 153 g/mol. The molecule has 3 nitrogen and oxygen atoms in total. The van der Waals surface area contributed by atoms with Crippen LogP contribution in [0.5, 0.6) is 0 Å². The van der Waals surface area contributed by atoms with Gasteiger partial charge in [0.15, 0.2) is 0 Å². The Hall–Kier alpha value is 0.290. The van der Waals surface area contributed by atoms with Crippen LogP contribution in [0.1, 0.15) is 0 Å². The molecule has 0 aromatic carbocycles. The summed E-state index contributed by atoms with van der Waals surface area (Å²) in [5.74, 6) is -0.803. The van der Waals surface area contributed by atoms with E-state index in [4.69, 9.17) is 5.11 Å². The van der Waals surface area contributed by atoms with E-state index in [9.17, 15) is 4.79 Å². The van der Waals surface area contributed by atoms with Crippen molar-refractivity contribution in [3.05, 3.63) is 0 Å². The first-order valence-corrected chi connectivity index (χ1v) is 3.41. The van der Waals surface area contributed by atoms with Crippen LogP contribution in [-0.4, -0.2) is 28.6 Å². The van der Waals surface area contributed by atoms with E-state index in [0.29, 0.717) is 6.29 Å². The van der Waals surface area contributed by atoms with Gasteiger partial charge >= 0.3 is 5.97 Å². The van der Waals surface area contributed by atoms with Crippen molar-refractivity contribution >= 4 is 24.6 Å². The Bertz CT molecular complexity index is 87.4. The normalized spacial score (nSPS) is 9.88. The highest BCUT2D eigenvalue weighted by Gasteiger charge is 1.98. The number of hydrogen-bond acceptors (Lipinski definition) is 2. The van der Waals surface area contributed by atoms with E-state index in [0.717, 1.165) is 0 Å². The van der Waals surface area contributed by atoms with Crippen molar-refractivity contribution in [3.8, 4) is 0 Å². The molecule has 0 spiro atoms. The van der Waals surface area contributed by atoms with Crippen LogP contribution >= 0.6 is 18.6 Å². The Morgan fingerprint density at radius 1 is 1.75 bits per heavy atom. The molecule has 5 heteroatoms. The van der Waals surface area contributed by atoms with Crippen LogP contribution in [0, 0.1) is 0 Å². The van der Waals surface area contributed by atoms with E-state index in [2.05, 4.69) is 18.6 Å². The van der Waals surface area contributed by atoms with Crippen LogP contribution in [0.3, 0.4) is 0 Å². The minimum Gasteiger partial charge on any atom is -0.480 e. The average Bonchev–Trinajstić information content (AvgIpc) is 1.65. The molecule has 0 radical (unpaired) electrons. The molecular formula is C3H9NO2P2. The maximum absolute atomic E-state index is 9.90. The van der Waals surface area contributed by atoms with Crippen molar-refractivity contribution in [2.45, 2.75) is 0 Å². The molecule has 8 heavy (non-hydrogen) atoms. The van der Waals surface area contributed by atoms with Gasteiger partial charge in [-0.05, 0) is 0 Å². The number of carboxylic acid groups (broad SMARTS) is 1. The SMILES string of the molecule is O=C(O)CN(P)CP. The number of carboxylic acids is 1. The molecule has 0 amide bonds. The van der Waals surface area contributed by atoms with Crippen LogP contribution in [0.2, 0.25) is 0 Å². The van der Waals surface area contributed by atoms with Gasteiger partial charge in [0.05, 0.1) is 0 Å². The summed E-state index contributed by atoms with van der Waals surface area (Å²) in [5, 5.41) is 8.15. The topological polar surface area (TPSA) is 40.5 Å². The van der Waals surface area contributed by atoms with Gasteiger partial charge in [0, 0.05) is 6.29 Å². The van der Waals surface area contributed by atoms with Gasteiger partial charge in [-0.1, -0.05) is 9.39 Å². The molecule has 48 valence electrons. The maximum atomic E-state index is 9.90. The Morgan fingerprint density at radius 2 is 2.25 bits per heavy atom. The number of hydrogen-bond donors (Lipinski definition) is 1. The first-order chi connectivity index (χ1) is 3.66. The van der Waals surface area contributed by atoms with Crippen molar-refractivity contribution in [2.75, 3.05) is 12.8 Å². The smallest absolute Gasteiger partial charge is 0.318 e. The fraction of sp³-hybridized carbons (Fsp3) is 0.667. The standard InChI is InChI=1S/C3H9NO2P2/c5-3(6)1-4(8)2-7/h1-2,7-8H2,(H,5,6). The van der Waals surface area contributed by atoms with Crippen LogP contribution in [0.4, 0.5) is 0 Å². The fourth-order valence-corrected chi connectivity index (χ4v) is 0.524. The average molecular weight is 153 g/mol. The van der Waals surface area contributed by atoms with Crippen molar-refractivity contribution < 1.29 is 9.90 Å². The highest BCUT2D eigenvalue weighted by atomic mass is 31.0. The molecule has 0 fully saturated rings. The highest BCUT2D eigenvalue weighted by Crippen LogP contribution is 1.99. The predicted octanol–water partition coefficient (Wildman–Crippen LogP) is -0.00430. The summed E-state index contributed by atoms with van der Waals surface area (Å²) in [6.07, 6.45) is 0.664. The minimum atomic E-state index is -0.803. The fourth-order valence-electron chi connectivity index (χ4n) is 0.238. The lowest BCUT2D eigenvalue weighted by atomic mass is 10.7. The molecule has 0 aliphatic carbocycles. The molecule has 0 aliphatic heterocycles. The first-order valence-electron chi connectivity index (χ1n) is 2.08. The molecule has 0 heterocycles. The molecule has 0 bridgehead atoms. The Balaban J connectivity index is 3.24. The van der Waals surface area contributed by atoms with E-state index in [-0.39, 0.29) is 6.54 Å². The predicted molar refractivity (Wildman–Crippen MR) is 38.6 cm³/mol. The Morgan fingerprint density at radius 3 is 2.38 bits per heavy atom. The number of rotatable bonds is 3. The Labute approximate surface area is 52.9 Å². The van der Waals surface area contributed by atoms with Crippen LogP contribution in [0.15, 0.2) is 0 Å². The Kier molecular flexibility index (Phi) is 4.35. The number of nitrogens with zero attached hydrogens (tertiary/aromatic N) is 1. The van der Waals surface area contributed by atoms with Gasteiger partial charge in [0.25, 0.3) is 0 Å². The van der Waals surface area contributed by atoms with E-state index in [1.165, 1.54) is 0 Å². The van der Waals surface area contributed by atoms with Crippen molar-refractivity contribution in [2.24, 2.45) is 0 Å². The number of aliphatic carboxylic acids is 1. The molecule has 1 N–H and O–H groups in total. The summed E-state index contributed by atoms with van der Waals surface area (Å²) in [5.41, 5.74) is 0. The molecule has 0 aromatic rings. The highest BCUT2D eigenvalue weighted by molar-refractivity contribution is 7.19. The third-order valence-electron chi connectivity index (χ3n) is 0.573. The molecule has 0 rings (SSSR count).